The van der Waals surface area contributed by atoms with E-state index in [4.69, 9.17) is 16.3 Å². The van der Waals surface area contributed by atoms with Crippen LogP contribution in [-0.2, 0) is 28.9 Å². The second-order valence-electron chi connectivity index (χ2n) is 6.11. The van der Waals surface area contributed by atoms with Crippen LogP contribution >= 0.6 is 11.6 Å². The summed E-state index contributed by atoms with van der Waals surface area (Å²) >= 11 is 5.99. The van der Waals surface area contributed by atoms with Gasteiger partial charge in [0.05, 0.1) is 18.8 Å². The molecule has 3 amide bonds. The average Bonchev–Trinajstić information content (AvgIpc) is 3.18. The smallest absolute Gasteiger partial charge is 0.324 e. The molecule has 1 fully saturated rings. The molecule has 27 heavy (non-hydrogen) atoms. The van der Waals surface area contributed by atoms with E-state index in [0.717, 1.165) is 4.90 Å². The van der Waals surface area contributed by atoms with E-state index in [1.54, 1.807) is 24.1 Å². The molecule has 144 valence electrons. The Morgan fingerprint density at radius 2 is 2.15 bits per heavy atom. The van der Waals surface area contributed by atoms with Gasteiger partial charge in [0.25, 0.3) is 5.91 Å². The van der Waals surface area contributed by atoms with E-state index in [9.17, 15) is 14.0 Å². The summed E-state index contributed by atoms with van der Waals surface area (Å²) in [4.78, 5) is 25.7. The van der Waals surface area contributed by atoms with Gasteiger partial charge in [0.1, 0.15) is 11.9 Å². The lowest BCUT2D eigenvalue weighted by atomic mass is 10.1. The summed E-state index contributed by atoms with van der Waals surface area (Å²) in [6.45, 7) is 1.08. The molecule has 1 aromatic carbocycles. The maximum atomic E-state index is 13.9. The fraction of sp³-hybridized carbons (Fsp3) is 0.412. The number of carbonyl (C=O) groups is 2. The van der Waals surface area contributed by atoms with Crippen molar-refractivity contribution in [3.63, 3.8) is 0 Å². The van der Waals surface area contributed by atoms with Crippen molar-refractivity contribution < 1.29 is 18.7 Å². The lowest BCUT2D eigenvalue weighted by Gasteiger charge is -2.13. The number of imide groups is 1. The lowest BCUT2D eigenvalue weighted by Crippen LogP contribution is -2.34. The van der Waals surface area contributed by atoms with Crippen molar-refractivity contribution >= 4 is 23.5 Å². The normalized spacial score (nSPS) is 16.9. The molecule has 10 heteroatoms. The van der Waals surface area contributed by atoms with Gasteiger partial charge < -0.3 is 10.1 Å². The fourth-order valence-corrected chi connectivity index (χ4v) is 3.11. The highest BCUT2D eigenvalue weighted by molar-refractivity contribution is 6.31. The van der Waals surface area contributed by atoms with Crippen LogP contribution in [0.5, 0.6) is 0 Å². The Kier molecular flexibility index (Phi) is 6.02. The average molecular weight is 396 g/mol. The zero-order valence-electron chi connectivity index (χ0n) is 14.7. The molecule has 0 spiro atoms. The quantitative estimate of drug-likeness (QED) is 0.683. The van der Waals surface area contributed by atoms with Gasteiger partial charge in [-0.3, -0.25) is 9.69 Å². The molecule has 1 saturated heterocycles. The number of nitrogens with one attached hydrogen (secondary N) is 1. The molecule has 1 aliphatic heterocycles. The van der Waals surface area contributed by atoms with Crippen molar-refractivity contribution in [3.8, 4) is 0 Å². The third-order valence-electron chi connectivity index (χ3n) is 4.28. The number of aromatic nitrogens is 3. The molecular formula is C17H19ClFN5O3. The number of methoxy groups -OCH3 is 1. The number of amides is 3. The van der Waals surface area contributed by atoms with Gasteiger partial charge in [-0.05, 0) is 18.6 Å². The van der Waals surface area contributed by atoms with Crippen LogP contribution in [0.4, 0.5) is 9.18 Å². The van der Waals surface area contributed by atoms with Crippen LogP contribution in [0.25, 0.3) is 0 Å². The SMILES string of the molecule is COCCn1cc(C[C@H]2NC(=O)N(CCc3c(F)cccc3Cl)C2=O)nn1. The number of carbonyl (C=O) groups excluding carboxylic acids is 2. The summed E-state index contributed by atoms with van der Waals surface area (Å²) < 4.78 is 20.4. The maximum Gasteiger partial charge on any atom is 0.324 e. The van der Waals surface area contributed by atoms with Gasteiger partial charge in [0.2, 0.25) is 0 Å². The first-order valence-electron chi connectivity index (χ1n) is 8.42. The zero-order valence-corrected chi connectivity index (χ0v) is 15.4. The van der Waals surface area contributed by atoms with Crippen LogP contribution in [0.3, 0.4) is 0 Å². The van der Waals surface area contributed by atoms with E-state index in [2.05, 4.69) is 15.6 Å². The summed E-state index contributed by atoms with van der Waals surface area (Å²) in [6, 6.07) is 3.14. The first kappa shape index (κ1) is 19.2. The van der Waals surface area contributed by atoms with Gasteiger partial charge in [0, 0.05) is 36.9 Å². The Labute approximate surface area is 160 Å². The van der Waals surface area contributed by atoms with Crippen LogP contribution in [-0.4, -0.2) is 58.1 Å². The fourth-order valence-electron chi connectivity index (χ4n) is 2.86. The minimum atomic E-state index is -0.721. The molecule has 1 aromatic heterocycles. The van der Waals surface area contributed by atoms with Gasteiger partial charge in [0.15, 0.2) is 0 Å². The number of halogens is 2. The molecule has 0 bridgehead atoms. The standard InChI is InChI=1S/C17H19ClFN5O3/c1-27-8-7-23-10-11(21-22-23)9-15-16(25)24(17(26)20-15)6-5-12-13(18)3-2-4-14(12)19/h2-4,10,15H,5-9H2,1H3,(H,20,26)/t15-/m1/s1. The summed E-state index contributed by atoms with van der Waals surface area (Å²) in [5, 5.41) is 10.8. The van der Waals surface area contributed by atoms with Gasteiger partial charge >= 0.3 is 6.03 Å². The number of rotatable bonds is 8. The van der Waals surface area contributed by atoms with Crippen molar-refractivity contribution in [1.82, 2.24) is 25.2 Å². The molecule has 0 unspecified atom stereocenters. The van der Waals surface area contributed by atoms with E-state index < -0.39 is 17.9 Å². The second-order valence-corrected chi connectivity index (χ2v) is 6.52. The molecule has 0 aliphatic carbocycles. The molecular weight excluding hydrogens is 377 g/mol. The van der Waals surface area contributed by atoms with Gasteiger partial charge in [-0.25, -0.2) is 13.9 Å². The Morgan fingerprint density at radius 3 is 2.89 bits per heavy atom. The molecule has 8 nitrogen and oxygen atoms in total. The number of nitrogens with zero attached hydrogens (tertiary/aromatic N) is 4. The van der Waals surface area contributed by atoms with E-state index in [0.29, 0.717) is 18.8 Å². The largest absolute Gasteiger partial charge is 0.383 e. The highest BCUT2D eigenvalue weighted by atomic mass is 35.5. The van der Waals surface area contributed by atoms with Crippen molar-refractivity contribution in [2.45, 2.75) is 25.4 Å². The van der Waals surface area contributed by atoms with E-state index in [1.807, 2.05) is 0 Å². The highest BCUT2D eigenvalue weighted by Gasteiger charge is 2.38. The zero-order chi connectivity index (χ0) is 19.4. The summed E-state index contributed by atoms with van der Waals surface area (Å²) in [6.07, 6.45) is 2.08. The maximum absolute atomic E-state index is 13.9. The monoisotopic (exact) mass is 395 g/mol. The van der Waals surface area contributed by atoms with Crippen molar-refractivity contribution in [1.29, 1.82) is 0 Å². The Hall–Kier alpha value is -2.52. The summed E-state index contributed by atoms with van der Waals surface area (Å²) in [7, 11) is 1.59. The van der Waals surface area contributed by atoms with Crippen LogP contribution in [0.1, 0.15) is 11.3 Å². The van der Waals surface area contributed by atoms with Crippen LogP contribution in [0.15, 0.2) is 24.4 Å². The summed E-state index contributed by atoms with van der Waals surface area (Å²) in [5.74, 6) is -0.835. The third-order valence-corrected chi connectivity index (χ3v) is 4.63. The van der Waals surface area contributed by atoms with Crippen molar-refractivity contribution in [2.24, 2.45) is 0 Å². The number of benzene rings is 1. The number of urea groups is 1. The first-order valence-corrected chi connectivity index (χ1v) is 8.80. The Bertz CT molecular complexity index is 823. The number of hydrogen-bond acceptors (Lipinski definition) is 5. The highest BCUT2D eigenvalue weighted by Crippen LogP contribution is 2.20. The molecule has 1 atom stereocenters. The van der Waals surface area contributed by atoms with Crippen LogP contribution in [0, 0.1) is 5.82 Å². The molecule has 2 aromatic rings. The lowest BCUT2D eigenvalue weighted by molar-refractivity contribution is -0.127. The second kappa shape index (κ2) is 8.45. The molecule has 1 N–H and O–H groups in total. The predicted octanol–water partition coefficient (Wildman–Crippen LogP) is 1.42. The van der Waals surface area contributed by atoms with Gasteiger partial charge in [-0.15, -0.1) is 5.10 Å². The predicted molar refractivity (Wildman–Crippen MR) is 94.7 cm³/mol. The Morgan fingerprint density at radius 1 is 1.33 bits per heavy atom. The van der Waals surface area contributed by atoms with Crippen molar-refractivity contribution in [3.05, 3.63) is 46.5 Å². The molecule has 0 saturated carbocycles. The van der Waals surface area contributed by atoms with E-state index >= 15 is 0 Å². The van der Waals surface area contributed by atoms with Gasteiger partial charge in [-0.1, -0.05) is 22.9 Å². The molecule has 1 aliphatic rings. The molecule has 2 heterocycles. The van der Waals surface area contributed by atoms with Crippen LogP contribution < -0.4 is 5.32 Å². The van der Waals surface area contributed by atoms with Gasteiger partial charge in [-0.2, -0.15) is 0 Å². The van der Waals surface area contributed by atoms with E-state index in [1.165, 1.54) is 12.1 Å². The minimum absolute atomic E-state index is 0.0440. The molecule has 0 radical (unpaired) electrons. The number of ether oxygens (including phenoxy) is 1. The minimum Gasteiger partial charge on any atom is -0.383 e. The van der Waals surface area contributed by atoms with Crippen molar-refractivity contribution in [2.75, 3.05) is 20.3 Å². The topological polar surface area (TPSA) is 89.4 Å². The summed E-state index contributed by atoms with van der Waals surface area (Å²) in [5.41, 5.74) is 0.869. The molecule has 3 rings (SSSR count). The third kappa shape index (κ3) is 4.42. The van der Waals surface area contributed by atoms with E-state index in [-0.39, 0.29) is 35.9 Å². The Balaban J connectivity index is 1.60. The van der Waals surface area contributed by atoms with Crippen LogP contribution in [0.2, 0.25) is 5.02 Å². The first-order chi connectivity index (χ1) is 13.0. The number of hydrogen-bond donors (Lipinski definition) is 1.